The van der Waals surface area contributed by atoms with Crippen molar-refractivity contribution in [3.63, 3.8) is 0 Å². The Bertz CT molecular complexity index is 391. The van der Waals surface area contributed by atoms with Gasteiger partial charge in [0.15, 0.2) is 0 Å². The van der Waals surface area contributed by atoms with Crippen LogP contribution < -0.4 is 11.1 Å². The molecule has 0 aliphatic carbocycles. The van der Waals surface area contributed by atoms with E-state index < -0.39 is 5.97 Å². The van der Waals surface area contributed by atoms with E-state index in [1.807, 2.05) is 6.92 Å². The highest BCUT2D eigenvalue weighted by atomic mass is 16.4. The van der Waals surface area contributed by atoms with Gasteiger partial charge in [0.05, 0.1) is 11.9 Å². The molecule has 0 saturated carbocycles. The Morgan fingerprint density at radius 1 is 1.50 bits per heavy atom. The van der Waals surface area contributed by atoms with Crippen molar-refractivity contribution in [3.05, 3.63) is 17.8 Å². The van der Waals surface area contributed by atoms with Crippen LogP contribution in [0.5, 0.6) is 0 Å². The van der Waals surface area contributed by atoms with Crippen molar-refractivity contribution < 1.29 is 9.90 Å². The molecule has 0 aliphatic heterocycles. The molecule has 0 spiro atoms. The Morgan fingerprint density at radius 2 is 2.12 bits per heavy atom. The number of aromatic nitrogens is 1. The molecule has 1 heterocycles. The standard InChI is InChI=1S/C11H17N3O2/c1-6(2)7(3)14-10-9(11(15)16)4-8(12)5-13-10/h4-7H,12H2,1-3H3,(H,13,14)(H,15,16). The van der Waals surface area contributed by atoms with Gasteiger partial charge in [0.2, 0.25) is 0 Å². The molecular weight excluding hydrogens is 206 g/mol. The predicted octanol–water partition coefficient (Wildman–Crippen LogP) is 1.82. The van der Waals surface area contributed by atoms with Crippen molar-refractivity contribution in [3.8, 4) is 0 Å². The summed E-state index contributed by atoms with van der Waals surface area (Å²) in [5.41, 5.74) is 5.95. The van der Waals surface area contributed by atoms with Crippen LogP contribution in [0.3, 0.4) is 0 Å². The fourth-order valence-electron chi connectivity index (χ4n) is 1.14. The Kier molecular flexibility index (Phi) is 3.71. The van der Waals surface area contributed by atoms with Gasteiger partial charge in [0.25, 0.3) is 0 Å². The summed E-state index contributed by atoms with van der Waals surface area (Å²) in [7, 11) is 0. The van der Waals surface area contributed by atoms with Crippen molar-refractivity contribution in [2.75, 3.05) is 11.1 Å². The lowest BCUT2D eigenvalue weighted by molar-refractivity contribution is 0.0697. The number of nitrogens with zero attached hydrogens (tertiary/aromatic N) is 1. The van der Waals surface area contributed by atoms with E-state index in [2.05, 4.69) is 24.1 Å². The van der Waals surface area contributed by atoms with Gasteiger partial charge in [-0.15, -0.1) is 0 Å². The molecule has 5 nitrogen and oxygen atoms in total. The van der Waals surface area contributed by atoms with Gasteiger partial charge in [-0.25, -0.2) is 9.78 Å². The molecular formula is C11H17N3O2. The molecule has 88 valence electrons. The monoisotopic (exact) mass is 223 g/mol. The Hall–Kier alpha value is -1.78. The highest BCUT2D eigenvalue weighted by Gasteiger charge is 2.15. The van der Waals surface area contributed by atoms with Crippen molar-refractivity contribution in [2.24, 2.45) is 5.92 Å². The van der Waals surface area contributed by atoms with E-state index >= 15 is 0 Å². The van der Waals surface area contributed by atoms with Crippen LogP contribution in [-0.4, -0.2) is 22.1 Å². The summed E-state index contributed by atoms with van der Waals surface area (Å²) in [4.78, 5) is 15.0. The fourth-order valence-corrected chi connectivity index (χ4v) is 1.14. The van der Waals surface area contributed by atoms with Crippen LogP contribution in [0.4, 0.5) is 11.5 Å². The summed E-state index contributed by atoms with van der Waals surface area (Å²) in [5.74, 6) is -0.276. The molecule has 1 aromatic heterocycles. The molecule has 5 heteroatoms. The summed E-state index contributed by atoms with van der Waals surface area (Å²) in [6, 6.07) is 1.55. The zero-order chi connectivity index (χ0) is 12.3. The van der Waals surface area contributed by atoms with E-state index in [9.17, 15) is 4.79 Å². The summed E-state index contributed by atoms with van der Waals surface area (Å²) < 4.78 is 0. The summed E-state index contributed by atoms with van der Waals surface area (Å²) in [6.45, 7) is 6.08. The van der Waals surface area contributed by atoms with E-state index in [1.165, 1.54) is 12.3 Å². The smallest absolute Gasteiger partial charge is 0.339 e. The fraction of sp³-hybridized carbons (Fsp3) is 0.455. The average Bonchev–Trinajstić information content (AvgIpc) is 2.20. The number of carboxylic acid groups (broad SMARTS) is 1. The summed E-state index contributed by atoms with van der Waals surface area (Å²) >= 11 is 0. The average molecular weight is 223 g/mol. The van der Waals surface area contributed by atoms with E-state index in [0.29, 0.717) is 17.4 Å². The number of aromatic carboxylic acids is 1. The molecule has 4 N–H and O–H groups in total. The largest absolute Gasteiger partial charge is 0.478 e. The minimum atomic E-state index is -1.03. The quantitative estimate of drug-likeness (QED) is 0.724. The number of nitrogens with one attached hydrogen (secondary N) is 1. The third-order valence-electron chi connectivity index (χ3n) is 2.50. The van der Waals surface area contributed by atoms with Crippen LogP contribution >= 0.6 is 0 Å². The van der Waals surface area contributed by atoms with E-state index in [4.69, 9.17) is 10.8 Å². The molecule has 0 radical (unpaired) electrons. The van der Waals surface area contributed by atoms with Crippen molar-refractivity contribution in [1.82, 2.24) is 4.98 Å². The first kappa shape index (κ1) is 12.3. The van der Waals surface area contributed by atoms with Gasteiger partial charge in [-0.2, -0.15) is 0 Å². The number of carbonyl (C=O) groups is 1. The minimum absolute atomic E-state index is 0.104. The van der Waals surface area contributed by atoms with Gasteiger partial charge in [-0.05, 0) is 18.9 Å². The first-order chi connectivity index (χ1) is 7.41. The van der Waals surface area contributed by atoms with Crippen LogP contribution in [0.15, 0.2) is 12.3 Å². The number of rotatable bonds is 4. The lowest BCUT2D eigenvalue weighted by atomic mass is 10.1. The minimum Gasteiger partial charge on any atom is -0.478 e. The number of hydrogen-bond acceptors (Lipinski definition) is 4. The second-order valence-corrected chi connectivity index (χ2v) is 4.15. The zero-order valence-electron chi connectivity index (χ0n) is 9.69. The molecule has 1 rings (SSSR count). The summed E-state index contributed by atoms with van der Waals surface area (Å²) in [6.07, 6.45) is 1.45. The lowest BCUT2D eigenvalue weighted by Gasteiger charge is -2.19. The van der Waals surface area contributed by atoms with Crippen molar-refractivity contribution in [2.45, 2.75) is 26.8 Å². The number of hydrogen-bond donors (Lipinski definition) is 3. The second kappa shape index (κ2) is 4.83. The molecule has 0 bridgehead atoms. The Balaban J connectivity index is 2.99. The van der Waals surface area contributed by atoms with Gasteiger partial charge < -0.3 is 16.2 Å². The first-order valence-electron chi connectivity index (χ1n) is 5.17. The zero-order valence-corrected chi connectivity index (χ0v) is 9.69. The molecule has 1 unspecified atom stereocenters. The van der Waals surface area contributed by atoms with Gasteiger partial charge in [0, 0.05) is 6.04 Å². The highest BCUT2D eigenvalue weighted by molar-refractivity contribution is 5.94. The van der Waals surface area contributed by atoms with Gasteiger partial charge in [0.1, 0.15) is 11.4 Å². The van der Waals surface area contributed by atoms with E-state index in [0.717, 1.165) is 0 Å². The van der Waals surface area contributed by atoms with Crippen molar-refractivity contribution in [1.29, 1.82) is 0 Å². The van der Waals surface area contributed by atoms with Crippen molar-refractivity contribution >= 4 is 17.5 Å². The maximum absolute atomic E-state index is 11.0. The van der Waals surface area contributed by atoms with Crippen LogP contribution in [0, 0.1) is 5.92 Å². The number of nitrogen functional groups attached to an aromatic ring is 1. The molecule has 0 amide bonds. The normalized spacial score (nSPS) is 12.5. The maximum Gasteiger partial charge on any atom is 0.339 e. The van der Waals surface area contributed by atoms with E-state index in [1.54, 1.807) is 0 Å². The van der Waals surface area contributed by atoms with E-state index in [-0.39, 0.29) is 11.6 Å². The lowest BCUT2D eigenvalue weighted by Crippen LogP contribution is -2.23. The molecule has 1 atom stereocenters. The Morgan fingerprint density at radius 3 is 2.62 bits per heavy atom. The van der Waals surface area contributed by atoms with Gasteiger partial charge >= 0.3 is 5.97 Å². The molecule has 0 saturated heterocycles. The molecule has 1 aromatic rings. The first-order valence-corrected chi connectivity index (χ1v) is 5.17. The van der Waals surface area contributed by atoms with Gasteiger partial charge in [-0.3, -0.25) is 0 Å². The molecule has 0 aromatic carbocycles. The second-order valence-electron chi connectivity index (χ2n) is 4.15. The summed E-state index contributed by atoms with van der Waals surface area (Å²) in [5, 5.41) is 12.1. The van der Waals surface area contributed by atoms with Crippen LogP contribution in [0.2, 0.25) is 0 Å². The Labute approximate surface area is 94.7 Å². The van der Waals surface area contributed by atoms with Crippen LogP contribution in [0.1, 0.15) is 31.1 Å². The van der Waals surface area contributed by atoms with Crippen LogP contribution in [0.25, 0.3) is 0 Å². The third-order valence-corrected chi connectivity index (χ3v) is 2.50. The van der Waals surface area contributed by atoms with Crippen LogP contribution in [-0.2, 0) is 0 Å². The number of anilines is 2. The third kappa shape index (κ3) is 2.85. The van der Waals surface area contributed by atoms with Gasteiger partial charge in [-0.1, -0.05) is 13.8 Å². The predicted molar refractivity (Wildman–Crippen MR) is 63.5 cm³/mol. The topological polar surface area (TPSA) is 88.2 Å². The molecule has 0 aliphatic rings. The number of pyridine rings is 1. The molecule has 16 heavy (non-hydrogen) atoms. The maximum atomic E-state index is 11.0. The number of nitrogens with two attached hydrogens (primary N) is 1. The SMILES string of the molecule is CC(C)C(C)Nc1ncc(N)cc1C(=O)O. The highest BCUT2D eigenvalue weighted by Crippen LogP contribution is 2.18. The molecule has 0 fully saturated rings. The number of carboxylic acids is 1.